The van der Waals surface area contributed by atoms with Crippen LogP contribution in [0.5, 0.6) is 0 Å². The van der Waals surface area contributed by atoms with Gasteiger partial charge in [-0.3, -0.25) is 0 Å². The van der Waals surface area contributed by atoms with Gasteiger partial charge < -0.3 is 4.74 Å². The summed E-state index contributed by atoms with van der Waals surface area (Å²) in [7, 11) is 1.40. The second kappa shape index (κ2) is 3.42. The summed E-state index contributed by atoms with van der Waals surface area (Å²) < 4.78 is 5.73. The molecule has 2 rings (SSSR count). The lowest BCUT2D eigenvalue weighted by Crippen LogP contribution is -2.00. The summed E-state index contributed by atoms with van der Waals surface area (Å²) in [5, 5.41) is 3.19. The van der Waals surface area contributed by atoms with Crippen LogP contribution in [-0.4, -0.2) is 13.1 Å². The lowest BCUT2D eigenvalue weighted by atomic mass is 10.1. The molecule has 1 aromatic carbocycles. The molecule has 0 amide bonds. The molecule has 0 atom stereocenters. The molecule has 72 valence electrons. The summed E-state index contributed by atoms with van der Waals surface area (Å²) in [6.45, 7) is 2.04. The number of thiophene rings is 1. The lowest BCUT2D eigenvalue weighted by Gasteiger charge is -2.00. The molecule has 0 N–H and O–H groups in total. The first kappa shape index (κ1) is 9.21. The smallest absolute Gasteiger partial charge is 0.339 e. The minimum absolute atomic E-state index is 0.266. The zero-order chi connectivity index (χ0) is 10.1. The van der Waals surface area contributed by atoms with Crippen LogP contribution in [0.15, 0.2) is 23.6 Å². The molecule has 14 heavy (non-hydrogen) atoms. The maximum absolute atomic E-state index is 11.4. The minimum atomic E-state index is -0.266. The Labute approximate surface area is 86.1 Å². The van der Waals surface area contributed by atoms with Crippen LogP contribution in [0, 0.1) is 6.92 Å². The number of aryl methyl sites for hydroxylation is 1. The van der Waals surface area contributed by atoms with E-state index in [4.69, 9.17) is 4.74 Å². The van der Waals surface area contributed by atoms with Gasteiger partial charge in [-0.1, -0.05) is 12.1 Å². The Balaban J connectivity index is 2.71. The number of fused-ring (bicyclic) bond motifs is 1. The fourth-order valence-corrected chi connectivity index (χ4v) is 2.51. The predicted octanol–water partition coefficient (Wildman–Crippen LogP) is 3.00. The summed E-state index contributed by atoms with van der Waals surface area (Å²) in [5.41, 5.74) is 1.86. The molecule has 0 spiro atoms. The van der Waals surface area contributed by atoms with Gasteiger partial charge in [0.2, 0.25) is 0 Å². The third-order valence-corrected chi connectivity index (χ3v) is 3.35. The van der Waals surface area contributed by atoms with E-state index in [1.54, 1.807) is 17.4 Å². The van der Waals surface area contributed by atoms with E-state index in [9.17, 15) is 4.79 Å². The van der Waals surface area contributed by atoms with E-state index < -0.39 is 0 Å². The van der Waals surface area contributed by atoms with Gasteiger partial charge in [0.25, 0.3) is 0 Å². The topological polar surface area (TPSA) is 26.3 Å². The van der Waals surface area contributed by atoms with E-state index in [0.717, 1.165) is 10.1 Å². The van der Waals surface area contributed by atoms with Crippen LogP contribution in [0.4, 0.5) is 0 Å². The fourth-order valence-electron chi connectivity index (χ4n) is 1.46. The van der Waals surface area contributed by atoms with Crippen molar-refractivity contribution in [1.82, 2.24) is 0 Å². The molecule has 0 aliphatic heterocycles. The highest BCUT2D eigenvalue weighted by molar-refractivity contribution is 7.17. The summed E-state index contributed by atoms with van der Waals surface area (Å²) in [4.78, 5) is 11.4. The van der Waals surface area contributed by atoms with E-state index in [-0.39, 0.29) is 5.97 Å². The zero-order valence-electron chi connectivity index (χ0n) is 8.03. The van der Waals surface area contributed by atoms with Gasteiger partial charge in [0.1, 0.15) is 0 Å². The number of carbonyl (C=O) groups excluding carboxylic acids is 1. The number of esters is 1. The van der Waals surface area contributed by atoms with Crippen molar-refractivity contribution in [3.63, 3.8) is 0 Å². The van der Waals surface area contributed by atoms with Crippen LogP contribution >= 0.6 is 11.3 Å². The quantitative estimate of drug-likeness (QED) is 0.670. The molecule has 0 fully saturated rings. The second-order valence-corrected chi connectivity index (χ2v) is 3.97. The number of benzene rings is 1. The molecule has 0 radical (unpaired) electrons. The molecule has 0 aliphatic rings. The van der Waals surface area contributed by atoms with E-state index >= 15 is 0 Å². The van der Waals surface area contributed by atoms with E-state index in [1.807, 2.05) is 19.1 Å². The molecule has 2 aromatic rings. The molecule has 3 heteroatoms. The summed E-state index contributed by atoms with van der Waals surface area (Å²) in [6, 6.07) is 5.70. The van der Waals surface area contributed by atoms with Crippen LogP contribution in [0.2, 0.25) is 0 Å². The van der Waals surface area contributed by atoms with E-state index in [0.29, 0.717) is 5.56 Å². The highest BCUT2D eigenvalue weighted by Gasteiger charge is 2.11. The average Bonchev–Trinajstić information content (AvgIpc) is 2.59. The maximum atomic E-state index is 11.4. The van der Waals surface area contributed by atoms with Crippen LogP contribution in [0.1, 0.15) is 15.9 Å². The Morgan fingerprint density at radius 1 is 1.43 bits per heavy atom. The maximum Gasteiger partial charge on any atom is 0.339 e. The Morgan fingerprint density at radius 3 is 2.93 bits per heavy atom. The predicted molar refractivity (Wildman–Crippen MR) is 57.9 cm³/mol. The van der Waals surface area contributed by atoms with Crippen molar-refractivity contribution in [1.29, 1.82) is 0 Å². The second-order valence-electron chi connectivity index (χ2n) is 3.09. The third-order valence-electron chi connectivity index (χ3n) is 2.20. The monoisotopic (exact) mass is 206 g/mol. The summed E-state index contributed by atoms with van der Waals surface area (Å²) >= 11 is 1.58. The largest absolute Gasteiger partial charge is 0.465 e. The van der Waals surface area contributed by atoms with Crippen molar-refractivity contribution in [3.8, 4) is 0 Å². The first-order valence-corrected chi connectivity index (χ1v) is 5.17. The molecular formula is C11H10O2S. The van der Waals surface area contributed by atoms with Gasteiger partial charge in [0.05, 0.1) is 12.7 Å². The number of carbonyl (C=O) groups is 1. The van der Waals surface area contributed by atoms with Gasteiger partial charge >= 0.3 is 5.97 Å². The molecule has 1 heterocycles. The lowest BCUT2D eigenvalue weighted by molar-refractivity contribution is 0.0603. The Hall–Kier alpha value is -1.35. The van der Waals surface area contributed by atoms with Crippen molar-refractivity contribution >= 4 is 27.4 Å². The number of ether oxygens (including phenoxy) is 1. The minimum Gasteiger partial charge on any atom is -0.465 e. The Kier molecular flexibility index (Phi) is 2.25. The van der Waals surface area contributed by atoms with Crippen molar-refractivity contribution in [2.24, 2.45) is 0 Å². The molecule has 0 bridgehead atoms. The molecule has 2 nitrogen and oxygen atoms in total. The van der Waals surface area contributed by atoms with Gasteiger partial charge in [-0.05, 0) is 29.3 Å². The SMILES string of the molecule is COC(=O)c1cccc2c(C)csc12. The highest BCUT2D eigenvalue weighted by atomic mass is 32.1. The first-order valence-electron chi connectivity index (χ1n) is 4.29. The number of hydrogen-bond acceptors (Lipinski definition) is 3. The third kappa shape index (κ3) is 1.30. The van der Waals surface area contributed by atoms with Crippen molar-refractivity contribution in [2.45, 2.75) is 6.92 Å². The molecular weight excluding hydrogens is 196 g/mol. The average molecular weight is 206 g/mol. The molecule has 1 aromatic heterocycles. The van der Waals surface area contributed by atoms with Crippen LogP contribution in [0.3, 0.4) is 0 Å². The first-order chi connectivity index (χ1) is 6.74. The van der Waals surface area contributed by atoms with Gasteiger partial charge in [0, 0.05) is 4.70 Å². The van der Waals surface area contributed by atoms with Crippen molar-refractivity contribution in [3.05, 3.63) is 34.7 Å². The molecule has 0 aliphatic carbocycles. The summed E-state index contributed by atoms with van der Waals surface area (Å²) in [5.74, 6) is -0.266. The molecule has 0 unspecified atom stereocenters. The van der Waals surface area contributed by atoms with Gasteiger partial charge in [0.15, 0.2) is 0 Å². The van der Waals surface area contributed by atoms with E-state index in [2.05, 4.69) is 5.38 Å². The van der Waals surface area contributed by atoms with E-state index in [1.165, 1.54) is 12.7 Å². The highest BCUT2D eigenvalue weighted by Crippen LogP contribution is 2.28. The van der Waals surface area contributed by atoms with Crippen molar-refractivity contribution in [2.75, 3.05) is 7.11 Å². The molecule has 0 saturated carbocycles. The standard InChI is InChI=1S/C11H10O2S/c1-7-6-14-10-8(7)4-3-5-9(10)11(12)13-2/h3-6H,1-2H3. The van der Waals surface area contributed by atoms with Gasteiger partial charge in [-0.25, -0.2) is 4.79 Å². The summed E-state index contributed by atoms with van der Waals surface area (Å²) in [6.07, 6.45) is 0. The van der Waals surface area contributed by atoms with Crippen molar-refractivity contribution < 1.29 is 9.53 Å². The Morgan fingerprint density at radius 2 is 2.21 bits per heavy atom. The number of hydrogen-bond donors (Lipinski definition) is 0. The van der Waals surface area contributed by atoms with Crippen LogP contribution in [-0.2, 0) is 4.74 Å². The van der Waals surface area contributed by atoms with Crippen LogP contribution < -0.4 is 0 Å². The van der Waals surface area contributed by atoms with Crippen LogP contribution in [0.25, 0.3) is 10.1 Å². The fraction of sp³-hybridized carbons (Fsp3) is 0.182. The number of methoxy groups -OCH3 is 1. The molecule has 0 saturated heterocycles. The van der Waals surface area contributed by atoms with Gasteiger partial charge in [-0.2, -0.15) is 0 Å². The zero-order valence-corrected chi connectivity index (χ0v) is 8.85. The van der Waals surface area contributed by atoms with Gasteiger partial charge in [-0.15, -0.1) is 11.3 Å². The Bertz CT molecular complexity index is 485. The normalized spacial score (nSPS) is 10.4. The number of rotatable bonds is 1.